The molecule has 2 rings (SSSR count). The number of ketones is 1. The van der Waals surface area contributed by atoms with E-state index in [1.165, 1.54) is 13.0 Å². The molecule has 0 spiro atoms. The molecule has 0 radical (unpaired) electrons. The Hall–Kier alpha value is -2.56. The molecule has 5 nitrogen and oxygen atoms in total. The zero-order chi connectivity index (χ0) is 14.7. The van der Waals surface area contributed by atoms with E-state index in [-0.39, 0.29) is 22.7 Å². The number of anilines is 2. The molecule has 0 saturated carbocycles. The van der Waals surface area contributed by atoms with E-state index >= 15 is 0 Å². The van der Waals surface area contributed by atoms with Crippen molar-refractivity contribution in [1.82, 2.24) is 0 Å². The van der Waals surface area contributed by atoms with Gasteiger partial charge in [-0.25, -0.2) is 0 Å². The van der Waals surface area contributed by atoms with Gasteiger partial charge in [-0.2, -0.15) is 0 Å². The normalized spacial score (nSPS) is 10.2. The topological polar surface area (TPSA) is 68.5 Å². The van der Waals surface area contributed by atoms with Crippen molar-refractivity contribution in [2.45, 2.75) is 13.8 Å². The van der Waals surface area contributed by atoms with Crippen LogP contribution in [0.15, 0.2) is 39.5 Å². The maximum atomic E-state index is 11.9. The summed E-state index contributed by atoms with van der Waals surface area (Å²) in [7, 11) is 1.58. The Morgan fingerprint density at radius 3 is 2.45 bits per heavy atom. The van der Waals surface area contributed by atoms with E-state index in [1.807, 2.05) is 0 Å². The minimum Gasteiger partial charge on any atom is -0.497 e. The third kappa shape index (κ3) is 2.88. The summed E-state index contributed by atoms with van der Waals surface area (Å²) < 4.78 is 10.5. The first-order valence-corrected chi connectivity index (χ1v) is 6.08. The number of hydrogen-bond acceptors (Lipinski definition) is 5. The highest BCUT2D eigenvalue weighted by molar-refractivity contribution is 5.98. The quantitative estimate of drug-likeness (QED) is 0.867. The van der Waals surface area contributed by atoms with Crippen LogP contribution in [-0.4, -0.2) is 12.9 Å². The lowest BCUT2D eigenvalue weighted by atomic mass is 10.1. The van der Waals surface area contributed by atoms with Gasteiger partial charge in [-0.15, -0.1) is 0 Å². The molecule has 0 aliphatic carbocycles. The van der Waals surface area contributed by atoms with Gasteiger partial charge in [0, 0.05) is 11.8 Å². The van der Waals surface area contributed by atoms with Gasteiger partial charge in [0.25, 0.3) is 0 Å². The van der Waals surface area contributed by atoms with Crippen molar-refractivity contribution in [3.05, 3.63) is 51.9 Å². The van der Waals surface area contributed by atoms with Crippen molar-refractivity contribution in [2.24, 2.45) is 0 Å². The van der Waals surface area contributed by atoms with Crippen LogP contribution in [0.4, 0.5) is 11.6 Å². The molecule has 0 fully saturated rings. The Bertz CT molecular complexity index is 686. The molecule has 0 unspecified atom stereocenters. The molecule has 0 aliphatic heterocycles. The average Bonchev–Trinajstić information content (AvgIpc) is 2.38. The predicted molar refractivity (Wildman–Crippen MR) is 76.0 cm³/mol. The highest BCUT2D eigenvalue weighted by atomic mass is 16.5. The smallest absolute Gasteiger partial charge is 0.212 e. The molecule has 0 bridgehead atoms. The Balaban J connectivity index is 2.41. The fourth-order valence-corrected chi connectivity index (χ4v) is 1.84. The van der Waals surface area contributed by atoms with Crippen molar-refractivity contribution in [1.29, 1.82) is 0 Å². The van der Waals surface area contributed by atoms with Crippen LogP contribution < -0.4 is 15.5 Å². The summed E-state index contributed by atoms with van der Waals surface area (Å²) in [4.78, 5) is 23.4. The van der Waals surface area contributed by atoms with E-state index in [2.05, 4.69) is 5.32 Å². The number of rotatable bonds is 4. The van der Waals surface area contributed by atoms with E-state index < -0.39 is 0 Å². The SMILES string of the molecule is COc1ccc(Nc2oc(C)cc(=O)c2C(C)=O)cc1. The number of nitrogens with one attached hydrogen (secondary N) is 1. The summed E-state index contributed by atoms with van der Waals surface area (Å²) in [5.41, 5.74) is 0.366. The maximum absolute atomic E-state index is 11.9. The molecule has 20 heavy (non-hydrogen) atoms. The van der Waals surface area contributed by atoms with Crippen molar-refractivity contribution in [3.63, 3.8) is 0 Å². The highest BCUT2D eigenvalue weighted by Crippen LogP contribution is 2.22. The van der Waals surface area contributed by atoms with Gasteiger partial charge in [0.15, 0.2) is 11.2 Å². The molecular weight excluding hydrogens is 258 g/mol. The number of ether oxygens (including phenoxy) is 1. The summed E-state index contributed by atoms with van der Waals surface area (Å²) in [6.07, 6.45) is 0. The van der Waals surface area contributed by atoms with Gasteiger partial charge in [0.05, 0.1) is 7.11 Å². The van der Waals surface area contributed by atoms with E-state index in [1.54, 1.807) is 38.3 Å². The standard InChI is InChI=1S/C15H15NO4/c1-9-8-13(18)14(10(2)17)15(20-9)16-11-4-6-12(19-3)7-5-11/h4-8,16H,1-3H3. The zero-order valence-corrected chi connectivity index (χ0v) is 11.5. The highest BCUT2D eigenvalue weighted by Gasteiger charge is 2.15. The molecular formula is C15H15NO4. The molecule has 1 aromatic heterocycles. The van der Waals surface area contributed by atoms with E-state index in [9.17, 15) is 9.59 Å². The molecule has 1 N–H and O–H groups in total. The number of carbonyl (C=O) groups is 1. The molecule has 1 aromatic carbocycles. The van der Waals surface area contributed by atoms with Crippen LogP contribution in [0.25, 0.3) is 0 Å². The van der Waals surface area contributed by atoms with Crippen LogP contribution in [0, 0.1) is 6.92 Å². The molecule has 0 aliphatic rings. The number of methoxy groups -OCH3 is 1. The van der Waals surface area contributed by atoms with Crippen molar-refractivity contribution >= 4 is 17.4 Å². The van der Waals surface area contributed by atoms with Gasteiger partial charge in [-0.3, -0.25) is 9.59 Å². The van der Waals surface area contributed by atoms with Crippen molar-refractivity contribution in [3.8, 4) is 5.75 Å². The lowest BCUT2D eigenvalue weighted by Crippen LogP contribution is -2.15. The molecule has 0 atom stereocenters. The third-order valence-electron chi connectivity index (χ3n) is 2.77. The molecule has 5 heteroatoms. The average molecular weight is 273 g/mol. The number of Topliss-reactive ketones (excluding diaryl/α,β-unsaturated/α-hetero) is 1. The molecule has 0 saturated heterocycles. The van der Waals surface area contributed by atoms with Crippen LogP contribution >= 0.6 is 0 Å². The summed E-state index contributed by atoms with van der Waals surface area (Å²) in [5, 5.41) is 2.94. The number of carbonyl (C=O) groups excluding carboxylic acids is 1. The van der Waals surface area contributed by atoms with Crippen LogP contribution in [0.3, 0.4) is 0 Å². The Morgan fingerprint density at radius 2 is 1.90 bits per heavy atom. The van der Waals surface area contributed by atoms with Gasteiger partial charge in [-0.05, 0) is 38.1 Å². The molecule has 2 aromatic rings. The number of benzene rings is 1. The fourth-order valence-electron chi connectivity index (χ4n) is 1.84. The Labute approximate surface area is 116 Å². The lowest BCUT2D eigenvalue weighted by Gasteiger charge is -2.09. The van der Waals surface area contributed by atoms with Crippen LogP contribution in [0.2, 0.25) is 0 Å². The first-order valence-electron chi connectivity index (χ1n) is 6.08. The second-order valence-corrected chi connectivity index (χ2v) is 4.34. The van der Waals surface area contributed by atoms with Gasteiger partial charge in [0.1, 0.15) is 17.1 Å². The maximum Gasteiger partial charge on any atom is 0.212 e. The summed E-state index contributed by atoms with van der Waals surface area (Å²) in [5.74, 6) is 0.978. The van der Waals surface area contributed by atoms with Gasteiger partial charge >= 0.3 is 0 Å². The number of hydrogen-bond donors (Lipinski definition) is 1. The minimum absolute atomic E-state index is 0.0198. The zero-order valence-electron chi connectivity index (χ0n) is 11.5. The van der Waals surface area contributed by atoms with E-state index in [0.717, 1.165) is 0 Å². The van der Waals surface area contributed by atoms with E-state index in [4.69, 9.17) is 9.15 Å². The Morgan fingerprint density at radius 1 is 1.25 bits per heavy atom. The molecule has 0 amide bonds. The van der Waals surface area contributed by atoms with E-state index in [0.29, 0.717) is 17.2 Å². The molecule has 104 valence electrons. The fraction of sp³-hybridized carbons (Fsp3) is 0.200. The Kier molecular flexibility index (Phi) is 3.89. The largest absolute Gasteiger partial charge is 0.497 e. The number of aryl methyl sites for hydroxylation is 1. The van der Waals surface area contributed by atoms with Crippen molar-refractivity contribution < 1.29 is 13.9 Å². The summed E-state index contributed by atoms with van der Waals surface area (Å²) in [6.45, 7) is 2.99. The van der Waals surface area contributed by atoms with Crippen molar-refractivity contribution in [2.75, 3.05) is 12.4 Å². The molecule has 1 heterocycles. The van der Waals surface area contributed by atoms with Crippen LogP contribution in [-0.2, 0) is 0 Å². The first kappa shape index (κ1) is 13.9. The van der Waals surface area contributed by atoms with Gasteiger partial charge in [0.2, 0.25) is 5.88 Å². The van der Waals surface area contributed by atoms with Gasteiger partial charge in [-0.1, -0.05) is 0 Å². The lowest BCUT2D eigenvalue weighted by molar-refractivity contribution is 0.101. The third-order valence-corrected chi connectivity index (χ3v) is 2.77. The monoisotopic (exact) mass is 273 g/mol. The predicted octanol–water partition coefficient (Wildman–Crippen LogP) is 2.90. The first-order chi connectivity index (χ1) is 9.51. The van der Waals surface area contributed by atoms with Crippen LogP contribution in [0.1, 0.15) is 23.0 Å². The van der Waals surface area contributed by atoms with Gasteiger partial charge < -0.3 is 14.5 Å². The second kappa shape index (κ2) is 5.61. The van der Waals surface area contributed by atoms with Crippen LogP contribution in [0.5, 0.6) is 5.75 Å². The summed E-state index contributed by atoms with van der Waals surface area (Å²) in [6, 6.07) is 8.37. The summed E-state index contributed by atoms with van der Waals surface area (Å²) >= 11 is 0. The second-order valence-electron chi connectivity index (χ2n) is 4.34. The minimum atomic E-state index is -0.350.